The van der Waals surface area contributed by atoms with Crippen molar-refractivity contribution < 1.29 is 14.6 Å². The second-order valence-corrected chi connectivity index (χ2v) is 3.60. The third-order valence-electron chi connectivity index (χ3n) is 1.91. The predicted molar refractivity (Wildman–Crippen MR) is 59.8 cm³/mol. The summed E-state index contributed by atoms with van der Waals surface area (Å²) in [6.07, 6.45) is 0.476. The fraction of sp³-hybridized carbons (Fsp3) is 1.00. The lowest BCUT2D eigenvalue weighted by molar-refractivity contribution is -0.0310. The van der Waals surface area contributed by atoms with Crippen molar-refractivity contribution in [1.82, 2.24) is 5.32 Å². The molecule has 0 saturated carbocycles. The minimum absolute atomic E-state index is 0.0219. The van der Waals surface area contributed by atoms with Crippen molar-refractivity contribution in [2.45, 2.75) is 25.6 Å². The molecular formula is C10H24N2O3. The van der Waals surface area contributed by atoms with Gasteiger partial charge in [0.25, 0.3) is 0 Å². The topological polar surface area (TPSA) is 76.7 Å². The van der Waals surface area contributed by atoms with Crippen LogP contribution in [0.25, 0.3) is 0 Å². The Morgan fingerprint density at radius 2 is 2.13 bits per heavy atom. The third-order valence-corrected chi connectivity index (χ3v) is 1.91. The summed E-state index contributed by atoms with van der Waals surface area (Å²) in [6.45, 7) is 4.84. The van der Waals surface area contributed by atoms with Crippen LogP contribution in [0.3, 0.4) is 0 Å². The van der Waals surface area contributed by atoms with Crippen LogP contribution in [-0.4, -0.2) is 57.3 Å². The Balaban J connectivity index is 3.28. The van der Waals surface area contributed by atoms with Gasteiger partial charge in [-0.05, 0) is 26.4 Å². The monoisotopic (exact) mass is 220 g/mol. The summed E-state index contributed by atoms with van der Waals surface area (Å²) in [5, 5.41) is 12.6. The average molecular weight is 220 g/mol. The molecule has 0 bridgehead atoms. The summed E-state index contributed by atoms with van der Waals surface area (Å²) in [6, 6.07) is 0. The number of ether oxygens (including phenoxy) is 2. The van der Waals surface area contributed by atoms with Crippen LogP contribution in [0.5, 0.6) is 0 Å². The van der Waals surface area contributed by atoms with Crippen molar-refractivity contribution in [2.24, 2.45) is 5.73 Å². The maximum atomic E-state index is 9.51. The zero-order valence-corrected chi connectivity index (χ0v) is 9.74. The summed E-state index contributed by atoms with van der Waals surface area (Å²) in [7, 11) is 1.63. The molecule has 0 aliphatic carbocycles. The molecule has 0 aliphatic heterocycles. The van der Waals surface area contributed by atoms with E-state index in [0.717, 1.165) is 13.0 Å². The molecule has 5 heteroatoms. The van der Waals surface area contributed by atoms with Crippen LogP contribution in [0.4, 0.5) is 0 Å². The Morgan fingerprint density at radius 3 is 2.73 bits per heavy atom. The molecule has 0 aromatic carbocycles. The Bertz CT molecular complexity index is 136. The van der Waals surface area contributed by atoms with Crippen LogP contribution in [-0.2, 0) is 9.47 Å². The molecule has 0 heterocycles. The van der Waals surface area contributed by atoms with Gasteiger partial charge in [0.1, 0.15) is 0 Å². The fourth-order valence-corrected chi connectivity index (χ4v) is 1.11. The van der Waals surface area contributed by atoms with E-state index in [9.17, 15) is 5.11 Å². The van der Waals surface area contributed by atoms with E-state index in [-0.39, 0.29) is 6.10 Å². The second-order valence-electron chi connectivity index (χ2n) is 3.60. The van der Waals surface area contributed by atoms with Crippen molar-refractivity contribution in [2.75, 3.05) is 40.0 Å². The van der Waals surface area contributed by atoms with Crippen molar-refractivity contribution >= 4 is 0 Å². The summed E-state index contributed by atoms with van der Waals surface area (Å²) in [5.74, 6) is 0. The number of methoxy groups -OCH3 is 1. The van der Waals surface area contributed by atoms with Gasteiger partial charge in [-0.3, -0.25) is 0 Å². The normalized spacial score (nSPS) is 15.2. The SMILES string of the molecule is COCC(C)OCC(O)CNCCCN. The van der Waals surface area contributed by atoms with Gasteiger partial charge in [0.2, 0.25) is 0 Å². The van der Waals surface area contributed by atoms with Gasteiger partial charge in [-0.2, -0.15) is 0 Å². The van der Waals surface area contributed by atoms with E-state index in [1.54, 1.807) is 7.11 Å². The Hall–Kier alpha value is -0.200. The van der Waals surface area contributed by atoms with Gasteiger partial charge in [0, 0.05) is 13.7 Å². The molecule has 2 atom stereocenters. The molecule has 4 N–H and O–H groups in total. The lowest BCUT2D eigenvalue weighted by atomic mass is 10.3. The standard InChI is InChI=1S/C10H24N2O3/c1-9(7-14-2)15-8-10(13)6-12-5-3-4-11/h9-10,12-13H,3-8,11H2,1-2H3. The van der Waals surface area contributed by atoms with Crippen LogP contribution in [0.2, 0.25) is 0 Å². The average Bonchev–Trinajstić information content (AvgIpc) is 2.22. The molecule has 0 spiro atoms. The van der Waals surface area contributed by atoms with Gasteiger partial charge in [-0.1, -0.05) is 0 Å². The maximum absolute atomic E-state index is 9.51. The predicted octanol–water partition coefficient (Wildman–Crippen LogP) is -0.663. The third kappa shape index (κ3) is 10.1. The van der Waals surface area contributed by atoms with Gasteiger partial charge in [0.05, 0.1) is 25.4 Å². The fourth-order valence-electron chi connectivity index (χ4n) is 1.11. The van der Waals surface area contributed by atoms with Crippen LogP contribution in [0.1, 0.15) is 13.3 Å². The molecule has 0 amide bonds. The number of rotatable bonds is 10. The molecule has 15 heavy (non-hydrogen) atoms. The molecule has 0 aromatic heterocycles. The zero-order chi connectivity index (χ0) is 11.5. The van der Waals surface area contributed by atoms with E-state index in [2.05, 4.69) is 5.32 Å². The molecule has 0 rings (SSSR count). The molecule has 0 aliphatic rings. The molecule has 92 valence electrons. The van der Waals surface area contributed by atoms with Crippen LogP contribution >= 0.6 is 0 Å². The lowest BCUT2D eigenvalue weighted by Crippen LogP contribution is -2.33. The van der Waals surface area contributed by atoms with Crippen LogP contribution < -0.4 is 11.1 Å². The van der Waals surface area contributed by atoms with E-state index in [1.165, 1.54) is 0 Å². The van der Waals surface area contributed by atoms with Gasteiger partial charge in [-0.25, -0.2) is 0 Å². The van der Waals surface area contributed by atoms with Gasteiger partial charge in [-0.15, -0.1) is 0 Å². The number of hydrogen-bond acceptors (Lipinski definition) is 5. The van der Waals surface area contributed by atoms with Crippen LogP contribution in [0, 0.1) is 0 Å². The summed E-state index contributed by atoms with van der Waals surface area (Å²) < 4.78 is 10.3. The van der Waals surface area contributed by atoms with Gasteiger partial charge >= 0.3 is 0 Å². The first-order chi connectivity index (χ1) is 7.20. The molecular weight excluding hydrogens is 196 g/mol. The minimum atomic E-state index is -0.470. The second kappa shape index (κ2) is 10.3. The van der Waals surface area contributed by atoms with E-state index in [1.807, 2.05) is 6.92 Å². The Morgan fingerprint density at radius 1 is 1.40 bits per heavy atom. The minimum Gasteiger partial charge on any atom is -0.389 e. The molecule has 0 fully saturated rings. The first-order valence-corrected chi connectivity index (χ1v) is 5.40. The Kier molecular flexibility index (Phi) is 10.2. The highest BCUT2D eigenvalue weighted by molar-refractivity contribution is 4.60. The first-order valence-electron chi connectivity index (χ1n) is 5.40. The molecule has 0 aromatic rings. The molecule has 0 saturated heterocycles. The van der Waals surface area contributed by atoms with Crippen molar-refractivity contribution in [3.63, 3.8) is 0 Å². The summed E-state index contributed by atoms with van der Waals surface area (Å²) in [4.78, 5) is 0. The van der Waals surface area contributed by atoms with E-state index < -0.39 is 6.10 Å². The number of aliphatic hydroxyl groups excluding tert-OH is 1. The van der Waals surface area contributed by atoms with Gasteiger partial charge < -0.3 is 25.6 Å². The number of hydrogen-bond donors (Lipinski definition) is 3. The Labute approximate surface area is 91.9 Å². The lowest BCUT2D eigenvalue weighted by Gasteiger charge is -2.16. The quantitative estimate of drug-likeness (QED) is 0.426. The number of aliphatic hydroxyl groups is 1. The highest BCUT2D eigenvalue weighted by Crippen LogP contribution is 1.93. The first kappa shape index (κ1) is 14.8. The van der Waals surface area contributed by atoms with E-state index >= 15 is 0 Å². The summed E-state index contributed by atoms with van der Waals surface area (Å²) in [5.41, 5.74) is 5.34. The largest absolute Gasteiger partial charge is 0.389 e. The van der Waals surface area contributed by atoms with Crippen molar-refractivity contribution in [3.8, 4) is 0 Å². The van der Waals surface area contributed by atoms with Crippen molar-refractivity contribution in [1.29, 1.82) is 0 Å². The molecule has 2 unspecified atom stereocenters. The molecule has 5 nitrogen and oxygen atoms in total. The van der Waals surface area contributed by atoms with Crippen molar-refractivity contribution in [3.05, 3.63) is 0 Å². The molecule has 0 radical (unpaired) electrons. The highest BCUT2D eigenvalue weighted by atomic mass is 16.5. The maximum Gasteiger partial charge on any atom is 0.0897 e. The van der Waals surface area contributed by atoms with Gasteiger partial charge in [0.15, 0.2) is 0 Å². The van der Waals surface area contributed by atoms with E-state index in [0.29, 0.717) is 26.3 Å². The summed E-state index contributed by atoms with van der Waals surface area (Å²) >= 11 is 0. The highest BCUT2D eigenvalue weighted by Gasteiger charge is 2.07. The van der Waals surface area contributed by atoms with E-state index in [4.69, 9.17) is 15.2 Å². The van der Waals surface area contributed by atoms with Crippen LogP contribution in [0.15, 0.2) is 0 Å². The number of nitrogens with one attached hydrogen (secondary N) is 1. The zero-order valence-electron chi connectivity index (χ0n) is 9.74. The number of nitrogens with two attached hydrogens (primary N) is 1. The smallest absolute Gasteiger partial charge is 0.0897 e.